The molecule has 3 aromatic rings. The molecule has 144 valence electrons. The molecule has 28 heavy (non-hydrogen) atoms. The van der Waals surface area contributed by atoms with Crippen LogP contribution < -0.4 is 9.80 Å². The predicted molar refractivity (Wildman–Crippen MR) is 111 cm³/mol. The van der Waals surface area contributed by atoms with Gasteiger partial charge in [0.15, 0.2) is 5.13 Å². The first-order chi connectivity index (χ1) is 13.4. The molecule has 4 rings (SSSR count). The first-order valence-electron chi connectivity index (χ1n) is 8.71. The number of thiazole rings is 1. The number of carbonyl (C=O) groups excluding carboxylic acids is 1. The number of amides is 2. The summed E-state index contributed by atoms with van der Waals surface area (Å²) in [7, 11) is 0. The molecule has 8 heteroatoms. The Balaban J connectivity index is 1.60. The largest absolute Gasteiger partial charge is 0.330 e. The van der Waals surface area contributed by atoms with E-state index in [4.69, 9.17) is 0 Å². The molecule has 0 spiro atoms. The molecule has 0 unspecified atom stereocenters. The van der Waals surface area contributed by atoms with Gasteiger partial charge in [-0.05, 0) is 65.2 Å². The molecule has 0 aliphatic carbocycles. The second-order valence-electron chi connectivity index (χ2n) is 6.47. The monoisotopic (exact) mass is 463 g/mol. The summed E-state index contributed by atoms with van der Waals surface area (Å²) in [5.74, 6) is -0.980. The van der Waals surface area contributed by atoms with Gasteiger partial charge in [0.25, 0.3) is 0 Å². The molecular weight excluding hydrogens is 448 g/mol. The number of urea groups is 1. The fourth-order valence-corrected chi connectivity index (χ4v) is 4.50. The van der Waals surface area contributed by atoms with Crippen LogP contribution in [0.25, 0.3) is 11.1 Å². The highest BCUT2D eigenvalue weighted by atomic mass is 79.9. The van der Waals surface area contributed by atoms with E-state index in [1.807, 2.05) is 6.92 Å². The number of aryl methyl sites for hydroxylation is 1. The molecule has 0 atom stereocenters. The topological polar surface area (TPSA) is 36.4 Å². The minimum atomic E-state index is -0.493. The fraction of sp³-hybridized carbons (Fsp3) is 0.200. The van der Waals surface area contributed by atoms with E-state index < -0.39 is 11.6 Å². The van der Waals surface area contributed by atoms with Crippen molar-refractivity contribution in [3.8, 4) is 11.1 Å². The number of nitrogens with zero attached hydrogens (tertiary/aromatic N) is 3. The Bertz CT molecular complexity index is 1020. The van der Waals surface area contributed by atoms with E-state index in [0.717, 1.165) is 28.0 Å². The fourth-order valence-electron chi connectivity index (χ4n) is 3.16. The molecule has 2 aromatic carbocycles. The summed E-state index contributed by atoms with van der Waals surface area (Å²) in [4.78, 5) is 20.8. The number of hydrogen-bond donors (Lipinski definition) is 0. The third kappa shape index (κ3) is 3.54. The summed E-state index contributed by atoms with van der Waals surface area (Å²) in [6, 6.07) is 10.1. The number of benzene rings is 2. The van der Waals surface area contributed by atoms with Gasteiger partial charge in [-0.2, -0.15) is 0 Å². The van der Waals surface area contributed by atoms with Gasteiger partial charge in [-0.15, -0.1) is 0 Å². The SMILES string of the molecule is Cc1nc(N2CCCN(c3ccc(-c4cc(F)ccc4F)cc3)C2=O)sc1Br. The Kier molecular flexibility index (Phi) is 5.16. The number of hydrogen-bond acceptors (Lipinski definition) is 3. The molecule has 1 saturated heterocycles. The van der Waals surface area contributed by atoms with Crippen molar-refractivity contribution in [1.29, 1.82) is 0 Å². The Hall–Kier alpha value is -2.32. The number of carbonyl (C=O) groups is 1. The molecule has 0 bridgehead atoms. The van der Waals surface area contributed by atoms with E-state index in [0.29, 0.717) is 29.5 Å². The van der Waals surface area contributed by atoms with Gasteiger partial charge in [-0.25, -0.2) is 18.6 Å². The van der Waals surface area contributed by atoms with Crippen LogP contribution in [0.1, 0.15) is 12.1 Å². The van der Waals surface area contributed by atoms with E-state index in [2.05, 4.69) is 20.9 Å². The van der Waals surface area contributed by atoms with Gasteiger partial charge in [0.2, 0.25) is 0 Å². The standard InChI is InChI=1S/C20H16BrF2N3OS/c1-12-18(21)28-19(24-12)26-10-2-9-25(20(26)27)15-6-3-13(4-7-15)16-11-14(22)5-8-17(16)23/h3-8,11H,2,9-10H2,1H3. The lowest BCUT2D eigenvalue weighted by Crippen LogP contribution is -2.49. The smallest absolute Gasteiger partial charge is 0.294 e. The van der Waals surface area contributed by atoms with Crippen LogP contribution >= 0.6 is 27.3 Å². The summed E-state index contributed by atoms with van der Waals surface area (Å²) in [6.45, 7) is 3.09. The zero-order valence-electron chi connectivity index (χ0n) is 15.0. The average Bonchev–Trinajstić information content (AvgIpc) is 3.02. The van der Waals surface area contributed by atoms with E-state index in [-0.39, 0.29) is 11.6 Å². The van der Waals surface area contributed by atoms with Gasteiger partial charge < -0.3 is 0 Å². The third-order valence-corrected chi connectivity index (χ3v) is 6.63. The van der Waals surface area contributed by atoms with Gasteiger partial charge in [-0.3, -0.25) is 9.80 Å². The van der Waals surface area contributed by atoms with Crippen LogP contribution in [0.15, 0.2) is 46.3 Å². The molecule has 1 aromatic heterocycles. The Morgan fingerprint density at radius 2 is 1.79 bits per heavy atom. The van der Waals surface area contributed by atoms with Gasteiger partial charge in [0.05, 0.1) is 9.48 Å². The van der Waals surface area contributed by atoms with Crippen molar-refractivity contribution in [2.24, 2.45) is 0 Å². The van der Waals surface area contributed by atoms with Crippen molar-refractivity contribution in [2.45, 2.75) is 13.3 Å². The van der Waals surface area contributed by atoms with E-state index in [9.17, 15) is 13.6 Å². The van der Waals surface area contributed by atoms with Crippen LogP contribution in [0.3, 0.4) is 0 Å². The first kappa shape index (κ1) is 19.0. The molecule has 0 N–H and O–H groups in total. The number of rotatable bonds is 3. The molecule has 2 heterocycles. The van der Waals surface area contributed by atoms with Crippen molar-refractivity contribution < 1.29 is 13.6 Å². The molecule has 2 amide bonds. The number of halogens is 3. The summed E-state index contributed by atoms with van der Waals surface area (Å²) in [5.41, 5.74) is 2.32. The van der Waals surface area contributed by atoms with Crippen LogP contribution in [-0.2, 0) is 0 Å². The maximum absolute atomic E-state index is 14.0. The lowest BCUT2D eigenvalue weighted by atomic mass is 10.0. The second-order valence-corrected chi connectivity index (χ2v) is 8.76. The van der Waals surface area contributed by atoms with Crippen LogP contribution in [0, 0.1) is 18.6 Å². The normalized spacial score (nSPS) is 14.6. The van der Waals surface area contributed by atoms with Gasteiger partial charge in [-0.1, -0.05) is 23.5 Å². The van der Waals surface area contributed by atoms with E-state index >= 15 is 0 Å². The minimum absolute atomic E-state index is 0.141. The Morgan fingerprint density at radius 1 is 1.07 bits per heavy atom. The third-order valence-electron chi connectivity index (χ3n) is 4.60. The average molecular weight is 464 g/mol. The van der Waals surface area contributed by atoms with Crippen molar-refractivity contribution in [3.63, 3.8) is 0 Å². The zero-order valence-corrected chi connectivity index (χ0v) is 17.4. The molecule has 1 aliphatic rings. The number of aromatic nitrogens is 1. The maximum Gasteiger partial charge on any atom is 0.330 e. The molecule has 1 fully saturated rings. The summed E-state index contributed by atoms with van der Waals surface area (Å²) in [5, 5.41) is 0.664. The van der Waals surface area contributed by atoms with Crippen molar-refractivity contribution in [1.82, 2.24) is 4.98 Å². The summed E-state index contributed by atoms with van der Waals surface area (Å²) in [6.07, 6.45) is 0.808. The van der Waals surface area contributed by atoms with Crippen molar-refractivity contribution >= 4 is 44.1 Å². The molecule has 1 aliphatic heterocycles. The number of anilines is 2. The second kappa shape index (κ2) is 7.60. The van der Waals surface area contributed by atoms with Gasteiger partial charge in [0.1, 0.15) is 11.6 Å². The summed E-state index contributed by atoms with van der Waals surface area (Å²) >= 11 is 4.88. The summed E-state index contributed by atoms with van der Waals surface area (Å²) < 4.78 is 28.4. The van der Waals surface area contributed by atoms with E-state index in [1.165, 1.54) is 17.4 Å². The quantitative estimate of drug-likeness (QED) is 0.477. The highest BCUT2D eigenvalue weighted by molar-refractivity contribution is 9.11. The van der Waals surface area contributed by atoms with Crippen LogP contribution in [0.5, 0.6) is 0 Å². The molecular formula is C20H16BrF2N3OS. The van der Waals surface area contributed by atoms with Crippen LogP contribution in [-0.4, -0.2) is 24.1 Å². The Morgan fingerprint density at radius 3 is 2.46 bits per heavy atom. The molecule has 0 radical (unpaired) electrons. The van der Waals surface area contributed by atoms with Gasteiger partial charge >= 0.3 is 6.03 Å². The minimum Gasteiger partial charge on any atom is -0.294 e. The lowest BCUT2D eigenvalue weighted by molar-refractivity contribution is 0.248. The van der Waals surface area contributed by atoms with Gasteiger partial charge in [0, 0.05) is 24.3 Å². The lowest BCUT2D eigenvalue weighted by Gasteiger charge is -2.34. The maximum atomic E-state index is 14.0. The Labute approximate surface area is 173 Å². The molecule has 0 saturated carbocycles. The highest BCUT2D eigenvalue weighted by Crippen LogP contribution is 2.33. The van der Waals surface area contributed by atoms with Crippen molar-refractivity contribution in [3.05, 3.63) is 63.6 Å². The zero-order chi connectivity index (χ0) is 19.8. The highest BCUT2D eigenvalue weighted by Gasteiger charge is 2.30. The first-order valence-corrected chi connectivity index (χ1v) is 10.3. The molecule has 4 nitrogen and oxygen atoms in total. The van der Waals surface area contributed by atoms with Crippen LogP contribution in [0.2, 0.25) is 0 Å². The predicted octanol–water partition coefficient (Wildman–Crippen LogP) is 6.00. The van der Waals surface area contributed by atoms with Crippen LogP contribution in [0.4, 0.5) is 24.4 Å². The van der Waals surface area contributed by atoms with E-state index in [1.54, 1.807) is 34.1 Å². The van der Waals surface area contributed by atoms with Crippen molar-refractivity contribution in [2.75, 3.05) is 22.9 Å².